The summed E-state index contributed by atoms with van der Waals surface area (Å²) in [6, 6.07) is 3.78. The van der Waals surface area contributed by atoms with Crippen LogP contribution in [0.3, 0.4) is 0 Å². The Morgan fingerprint density at radius 3 is 2.53 bits per heavy atom. The van der Waals surface area contributed by atoms with Crippen LogP contribution < -0.4 is 5.73 Å². The number of benzene rings is 1. The van der Waals surface area contributed by atoms with Crippen LogP contribution >= 0.6 is 0 Å². The van der Waals surface area contributed by atoms with Gasteiger partial charge in [0.2, 0.25) is 0 Å². The van der Waals surface area contributed by atoms with E-state index in [1.807, 2.05) is 0 Å². The average Bonchev–Trinajstić information content (AvgIpc) is 2.36. The molecule has 106 valence electrons. The largest absolute Gasteiger partial charge is 0.325 e. The summed E-state index contributed by atoms with van der Waals surface area (Å²) in [6.07, 6.45) is 7.14. The molecule has 0 saturated heterocycles. The summed E-state index contributed by atoms with van der Waals surface area (Å²) >= 11 is 0. The Kier molecular flexibility index (Phi) is 4.56. The zero-order valence-corrected chi connectivity index (χ0v) is 11.6. The highest BCUT2D eigenvalue weighted by Crippen LogP contribution is 2.35. The van der Waals surface area contributed by atoms with Crippen molar-refractivity contribution in [1.29, 1.82) is 0 Å². The van der Waals surface area contributed by atoms with Gasteiger partial charge in [-0.05, 0) is 49.7 Å². The molecule has 0 aliphatic heterocycles. The molecule has 2 N–H and O–H groups in total. The van der Waals surface area contributed by atoms with Crippen LogP contribution in [-0.4, -0.2) is 5.54 Å². The third kappa shape index (κ3) is 3.75. The van der Waals surface area contributed by atoms with Crippen molar-refractivity contribution in [2.75, 3.05) is 0 Å². The van der Waals surface area contributed by atoms with E-state index >= 15 is 0 Å². The maximum Gasteiger partial charge on any atom is 0.129 e. The van der Waals surface area contributed by atoms with Crippen LogP contribution in [0.4, 0.5) is 8.78 Å². The van der Waals surface area contributed by atoms with Gasteiger partial charge < -0.3 is 5.73 Å². The van der Waals surface area contributed by atoms with Gasteiger partial charge >= 0.3 is 0 Å². The molecule has 1 nitrogen and oxygen atoms in total. The van der Waals surface area contributed by atoms with Crippen LogP contribution in [0, 0.1) is 17.6 Å². The van der Waals surface area contributed by atoms with Crippen LogP contribution in [0.1, 0.15) is 51.0 Å². The maximum absolute atomic E-state index is 13.7. The van der Waals surface area contributed by atoms with E-state index in [1.165, 1.54) is 25.0 Å². The molecular formula is C16H23F2N. The predicted octanol–water partition coefficient (Wildman–Crippen LogP) is 4.20. The van der Waals surface area contributed by atoms with Crippen LogP contribution in [0.5, 0.6) is 0 Å². The van der Waals surface area contributed by atoms with Crippen molar-refractivity contribution < 1.29 is 8.78 Å². The highest BCUT2D eigenvalue weighted by atomic mass is 19.1. The van der Waals surface area contributed by atoms with Crippen LogP contribution in [-0.2, 0) is 6.42 Å². The fraction of sp³-hybridized carbons (Fsp3) is 0.625. The van der Waals surface area contributed by atoms with Gasteiger partial charge in [-0.15, -0.1) is 0 Å². The Balaban J connectivity index is 1.99. The molecule has 0 bridgehead atoms. The van der Waals surface area contributed by atoms with Crippen LogP contribution in [0.25, 0.3) is 0 Å². The molecule has 2 rings (SSSR count). The lowest BCUT2D eigenvalue weighted by molar-refractivity contribution is 0.222. The number of hydrogen-bond donors (Lipinski definition) is 1. The first-order valence-corrected chi connectivity index (χ1v) is 7.25. The summed E-state index contributed by atoms with van der Waals surface area (Å²) in [5, 5.41) is 0. The van der Waals surface area contributed by atoms with Crippen molar-refractivity contribution in [3.8, 4) is 0 Å². The number of halogens is 2. The third-order valence-corrected chi connectivity index (χ3v) is 4.36. The Bertz CT molecular complexity index is 423. The van der Waals surface area contributed by atoms with Gasteiger partial charge in [0.05, 0.1) is 0 Å². The molecule has 19 heavy (non-hydrogen) atoms. The molecule has 1 aliphatic rings. The van der Waals surface area contributed by atoms with E-state index in [1.54, 1.807) is 0 Å². The average molecular weight is 267 g/mol. The first-order chi connectivity index (χ1) is 9.02. The van der Waals surface area contributed by atoms with Crippen molar-refractivity contribution in [1.82, 2.24) is 0 Å². The van der Waals surface area contributed by atoms with Crippen molar-refractivity contribution in [2.45, 2.75) is 57.4 Å². The summed E-state index contributed by atoms with van der Waals surface area (Å²) in [4.78, 5) is 0. The first kappa shape index (κ1) is 14.4. The molecule has 0 spiro atoms. The van der Waals surface area contributed by atoms with Crippen molar-refractivity contribution in [3.05, 3.63) is 35.4 Å². The smallest absolute Gasteiger partial charge is 0.129 e. The Morgan fingerprint density at radius 1 is 1.26 bits per heavy atom. The van der Waals surface area contributed by atoms with Gasteiger partial charge in [0.15, 0.2) is 0 Å². The third-order valence-electron chi connectivity index (χ3n) is 4.36. The molecule has 1 aromatic carbocycles. The van der Waals surface area contributed by atoms with Gasteiger partial charge in [-0.2, -0.15) is 0 Å². The van der Waals surface area contributed by atoms with E-state index < -0.39 is 11.6 Å². The van der Waals surface area contributed by atoms with Crippen LogP contribution in [0.2, 0.25) is 0 Å². The predicted molar refractivity (Wildman–Crippen MR) is 73.8 cm³/mol. The molecule has 1 fully saturated rings. The summed E-state index contributed by atoms with van der Waals surface area (Å²) in [6.45, 7) is 2.21. The second kappa shape index (κ2) is 6.00. The molecule has 1 saturated carbocycles. The molecular weight excluding hydrogens is 244 g/mol. The van der Waals surface area contributed by atoms with Gasteiger partial charge in [-0.1, -0.05) is 25.8 Å². The van der Waals surface area contributed by atoms with Crippen molar-refractivity contribution in [2.24, 2.45) is 11.7 Å². The number of rotatable bonds is 4. The van der Waals surface area contributed by atoms with Gasteiger partial charge in [0, 0.05) is 11.6 Å². The van der Waals surface area contributed by atoms with E-state index in [-0.39, 0.29) is 5.54 Å². The second-order valence-corrected chi connectivity index (χ2v) is 6.01. The highest BCUT2D eigenvalue weighted by Gasteiger charge is 2.32. The second-order valence-electron chi connectivity index (χ2n) is 6.01. The molecule has 3 heteroatoms. The lowest BCUT2D eigenvalue weighted by Crippen LogP contribution is -2.45. The maximum atomic E-state index is 13.7. The first-order valence-electron chi connectivity index (χ1n) is 7.25. The summed E-state index contributed by atoms with van der Waals surface area (Å²) < 4.78 is 26.6. The SMILES string of the molecule is CCCC1CCC(N)(Cc2ccc(F)cc2F)CC1. The van der Waals surface area contributed by atoms with Crippen molar-refractivity contribution >= 4 is 0 Å². The molecule has 0 radical (unpaired) electrons. The van der Waals surface area contributed by atoms with Crippen molar-refractivity contribution in [3.63, 3.8) is 0 Å². The summed E-state index contributed by atoms with van der Waals surface area (Å²) in [7, 11) is 0. The normalized spacial score (nSPS) is 27.5. The number of nitrogens with two attached hydrogens (primary N) is 1. The molecule has 1 aromatic rings. The van der Waals surface area contributed by atoms with Crippen LogP contribution in [0.15, 0.2) is 18.2 Å². The van der Waals surface area contributed by atoms with E-state index in [0.29, 0.717) is 12.0 Å². The van der Waals surface area contributed by atoms with E-state index in [4.69, 9.17) is 5.73 Å². The molecule has 0 unspecified atom stereocenters. The topological polar surface area (TPSA) is 26.0 Å². The minimum atomic E-state index is -0.529. The van der Waals surface area contributed by atoms with Gasteiger partial charge in [-0.25, -0.2) is 8.78 Å². The Labute approximate surface area is 114 Å². The summed E-state index contributed by atoms with van der Waals surface area (Å²) in [5.74, 6) is -0.223. The Morgan fingerprint density at radius 2 is 1.95 bits per heavy atom. The standard InChI is InChI=1S/C16H23F2N/c1-2-3-12-6-8-16(19,9-7-12)11-13-4-5-14(17)10-15(13)18/h4-5,10,12H,2-3,6-9,11,19H2,1H3. The van der Waals surface area contributed by atoms with E-state index in [0.717, 1.165) is 37.7 Å². The molecule has 0 heterocycles. The summed E-state index contributed by atoms with van der Waals surface area (Å²) in [5.41, 5.74) is 6.62. The highest BCUT2D eigenvalue weighted by molar-refractivity contribution is 5.21. The minimum absolute atomic E-state index is 0.317. The quantitative estimate of drug-likeness (QED) is 0.869. The van der Waals surface area contributed by atoms with E-state index in [9.17, 15) is 8.78 Å². The number of hydrogen-bond acceptors (Lipinski definition) is 1. The molecule has 0 amide bonds. The Hall–Kier alpha value is -0.960. The van der Waals surface area contributed by atoms with Gasteiger partial charge in [-0.3, -0.25) is 0 Å². The van der Waals surface area contributed by atoms with Gasteiger partial charge in [0.1, 0.15) is 11.6 Å². The molecule has 1 aliphatic carbocycles. The molecule has 0 aromatic heterocycles. The zero-order chi connectivity index (χ0) is 13.9. The molecule has 0 atom stereocenters. The lowest BCUT2D eigenvalue weighted by Gasteiger charge is -2.37. The lowest BCUT2D eigenvalue weighted by atomic mass is 9.73. The minimum Gasteiger partial charge on any atom is -0.325 e. The zero-order valence-electron chi connectivity index (χ0n) is 11.6. The van der Waals surface area contributed by atoms with Gasteiger partial charge in [0.25, 0.3) is 0 Å². The monoisotopic (exact) mass is 267 g/mol. The fourth-order valence-corrected chi connectivity index (χ4v) is 3.17. The van der Waals surface area contributed by atoms with E-state index in [2.05, 4.69) is 6.92 Å². The fourth-order valence-electron chi connectivity index (χ4n) is 3.17.